The van der Waals surface area contributed by atoms with Crippen molar-refractivity contribution in [2.45, 2.75) is 58.2 Å². The van der Waals surface area contributed by atoms with E-state index in [0.29, 0.717) is 5.92 Å². The highest BCUT2D eigenvalue weighted by Gasteiger charge is 2.28. The van der Waals surface area contributed by atoms with E-state index in [1.165, 1.54) is 0 Å². The van der Waals surface area contributed by atoms with Gasteiger partial charge in [-0.15, -0.1) is 0 Å². The Morgan fingerprint density at radius 3 is 2.07 bits per heavy atom. The number of rotatable bonds is 7. The minimum Gasteiger partial charge on any atom is -0.271 e. The fourth-order valence-corrected chi connectivity index (χ4v) is 1.63. The third-order valence-electron chi connectivity index (χ3n) is 2.78. The normalized spacial score (nSPS) is 14.6. The molecule has 0 fully saturated rings. The lowest BCUT2D eigenvalue weighted by Gasteiger charge is -2.21. The lowest BCUT2D eigenvalue weighted by atomic mass is 9.93. The van der Waals surface area contributed by atoms with Crippen LogP contribution in [0.25, 0.3) is 0 Å². The van der Waals surface area contributed by atoms with Crippen LogP contribution in [0.15, 0.2) is 0 Å². The van der Waals surface area contributed by atoms with Gasteiger partial charge in [-0.25, -0.2) is 0 Å². The van der Waals surface area contributed by atoms with Crippen molar-refractivity contribution in [2.24, 2.45) is 11.8 Å². The highest BCUT2D eigenvalue weighted by molar-refractivity contribution is 4.70. The summed E-state index contributed by atoms with van der Waals surface area (Å²) in [6.07, 6.45) is -2.08. The maximum absolute atomic E-state index is 12.0. The molecule has 0 amide bonds. The smallest absolute Gasteiger partial charge is 0.271 e. The van der Waals surface area contributed by atoms with E-state index in [1.807, 2.05) is 13.8 Å². The molecule has 0 aliphatic rings. The van der Waals surface area contributed by atoms with E-state index >= 15 is 0 Å². The standard InChI is InChI=1S/C10H21F3N2/c1-3-8(4-2)7-9(15-14)5-6-10(11,12)13/h8-9,15H,3-7,14H2,1-2H3. The van der Waals surface area contributed by atoms with Crippen LogP contribution in [0.2, 0.25) is 0 Å². The first-order chi connectivity index (χ1) is 6.92. The van der Waals surface area contributed by atoms with Crippen molar-refractivity contribution in [3.8, 4) is 0 Å². The first kappa shape index (κ1) is 14.7. The van der Waals surface area contributed by atoms with Gasteiger partial charge in [-0.3, -0.25) is 11.3 Å². The Hall–Kier alpha value is -0.290. The third kappa shape index (κ3) is 7.62. The second-order valence-electron chi connectivity index (χ2n) is 3.94. The number of nitrogens with one attached hydrogen (secondary N) is 1. The van der Waals surface area contributed by atoms with Crippen LogP contribution in [0.5, 0.6) is 0 Å². The summed E-state index contributed by atoms with van der Waals surface area (Å²) in [5, 5.41) is 0. The van der Waals surface area contributed by atoms with Crippen molar-refractivity contribution >= 4 is 0 Å². The molecule has 0 saturated heterocycles. The lowest BCUT2D eigenvalue weighted by Crippen LogP contribution is -2.37. The first-order valence-electron chi connectivity index (χ1n) is 5.45. The van der Waals surface area contributed by atoms with Gasteiger partial charge >= 0.3 is 6.18 Å². The molecule has 0 radical (unpaired) electrons. The van der Waals surface area contributed by atoms with Crippen LogP contribution >= 0.6 is 0 Å². The predicted octanol–water partition coefficient (Wildman–Crippen LogP) is 2.99. The Bertz CT molecular complexity index is 155. The predicted molar refractivity (Wildman–Crippen MR) is 55.1 cm³/mol. The molecule has 3 N–H and O–H groups in total. The molecule has 92 valence electrons. The summed E-state index contributed by atoms with van der Waals surface area (Å²) in [6, 6.07) is -0.225. The van der Waals surface area contributed by atoms with Crippen molar-refractivity contribution in [1.82, 2.24) is 5.43 Å². The number of nitrogens with two attached hydrogens (primary N) is 1. The zero-order valence-electron chi connectivity index (χ0n) is 9.40. The Labute approximate surface area is 89.4 Å². The average Bonchev–Trinajstić information content (AvgIpc) is 2.17. The van der Waals surface area contributed by atoms with E-state index in [9.17, 15) is 13.2 Å². The summed E-state index contributed by atoms with van der Waals surface area (Å²) in [4.78, 5) is 0. The van der Waals surface area contributed by atoms with E-state index in [1.54, 1.807) is 0 Å². The second-order valence-corrected chi connectivity index (χ2v) is 3.94. The molecule has 2 nitrogen and oxygen atoms in total. The molecule has 0 heterocycles. The summed E-state index contributed by atoms with van der Waals surface area (Å²) >= 11 is 0. The summed E-state index contributed by atoms with van der Waals surface area (Å²) < 4.78 is 36.0. The molecule has 0 aromatic rings. The summed E-state index contributed by atoms with van der Waals surface area (Å²) in [5.41, 5.74) is 2.47. The summed E-state index contributed by atoms with van der Waals surface area (Å²) in [5.74, 6) is 5.70. The molecule has 0 spiro atoms. The van der Waals surface area contributed by atoms with Crippen molar-refractivity contribution in [3.63, 3.8) is 0 Å². The molecule has 0 aromatic carbocycles. The minimum absolute atomic E-state index is 0.0660. The molecule has 1 unspecified atom stereocenters. The molecule has 0 rings (SSSR count). The monoisotopic (exact) mass is 226 g/mol. The summed E-state index contributed by atoms with van der Waals surface area (Å²) in [6.45, 7) is 4.09. The van der Waals surface area contributed by atoms with Gasteiger partial charge in [0.1, 0.15) is 0 Å². The van der Waals surface area contributed by atoms with Crippen molar-refractivity contribution < 1.29 is 13.2 Å². The molecule has 0 aliphatic heterocycles. The van der Waals surface area contributed by atoms with E-state index < -0.39 is 12.6 Å². The van der Waals surface area contributed by atoms with Gasteiger partial charge in [-0.2, -0.15) is 13.2 Å². The van der Waals surface area contributed by atoms with Gasteiger partial charge in [-0.1, -0.05) is 26.7 Å². The molecular weight excluding hydrogens is 205 g/mol. The van der Waals surface area contributed by atoms with Gasteiger partial charge < -0.3 is 0 Å². The highest BCUT2D eigenvalue weighted by Crippen LogP contribution is 2.24. The molecule has 0 aliphatic carbocycles. The van der Waals surface area contributed by atoms with Gasteiger partial charge in [0.2, 0.25) is 0 Å². The van der Waals surface area contributed by atoms with Crippen LogP contribution < -0.4 is 11.3 Å². The fourth-order valence-electron chi connectivity index (χ4n) is 1.63. The van der Waals surface area contributed by atoms with Gasteiger partial charge in [0, 0.05) is 12.5 Å². The second kappa shape index (κ2) is 7.06. The zero-order valence-corrected chi connectivity index (χ0v) is 9.40. The Morgan fingerprint density at radius 1 is 1.20 bits per heavy atom. The largest absolute Gasteiger partial charge is 0.389 e. The number of hydrogen-bond acceptors (Lipinski definition) is 2. The molecule has 0 saturated carbocycles. The minimum atomic E-state index is -4.08. The topological polar surface area (TPSA) is 38.0 Å². The maximum atomic E-state index is 12.0. The first-order valence-corrected chi connectivity index (χ1v) is 5.45. The van der Waals surface area contributed by atoms with Crippen LogP contribution in [0.3, 0.4) is 0 Å². The van der Waals surface area contributed by atoms with Gasteiger partial charge in [0.15, 0.2) is 0 Å². The number of halogens is 3. The van der Waals surface area contributed by atoms with Gasteiger partial charge in [-0.05, 0) is 18.8 Å². The summed E-state index contributed by atoms with van der Waals surface area (Å²) in [7, 11) is 0. The number of hydrazine groups is 1. The van der Waals surface area contributed by atoms with E-state index in [-0.39, 0.29) is 12.5 Å². The Balaban J connectivity index is 3.92. The van der Waals surface area contributed by atoms with Crippen molar-refractivity contribution in [1.29, 1.82) is 0 Å². The SMILES string of the molecule is CCC(CC)CC(CCC(F)(F)F)NN. The maximum Gasteiger partial charge on any atom is 0.389 e. The number of alkyl halides is 3. The Kier molecular flexibility index (Phi) is 6.92. The van der Waals surface area contributed by atoms with Gasteiger partial charge in [0.25, 0.3) is 0 Å². The van der Waals surface area contributed by atoms with Crippen molar-refractivity contribution in [3.05, 3.63) is 0 Å². The molecule has 1 atom stereocenters. The van der Waals surface area contributed by atoms with E-state index in [0.717, 1.165) is 19.3 Å². The number of hydrogen-bond donors (Lipinski definition) is 2. The molecule has 5 heteroatoms. The molecule has 15 heavy (non-hydrogen) atoms. The van der Waals surface area contributed by atoms with Crippen molar-refractivity contribution in [2.75, 3.05) is 0 Å². The fraction of sp³-hybridized carbons (Fsp3) is 1.00. The van der Waals surface area contributed by atoms with Crippen LogP contribution in [0, 0.1) is 5.92 Å². The van der Waals surface area contributed by atoms with Crippen LogP contribution in [0.4, 0.5) is 13.2 Å². The van der Waals surface area contributed by atoms with E-state index in [4.69, 9.17) is 5.84 Å². The zero-order chi connectivity index (χ0) is 11.9. The van der Waals surface area contributed by atoms with E-state index in [2.05, 4.69) is 5.43 Å². The quantitative estimate of drug-likeness (QED) is 0.517. The molecular formula is C10H21F3N2. The van der Waals surface area contributed by atoms with Crippen LogP contribution in [-0.4, -0.2) is 12.2 Å². The van der Waals surface area contributed by atoms with Crippen LogP contribution in [-0.2, 0) is 0 Å². The molecule has 0 bridgehead atoms. The van der Waals surface area contributed by atoms with Crippen LogP contribution in [0.1, 0.15) is 46.0 Å². The third-order valence-corrected chi connectivity index (χ3v) is 2.78. The lowest BCUT2D eigenvalue weighted by molar-refractivity contribution is -0.136. The average molecular weight is 226 g/mol. The molecule has 0 aromatic heterocycles. The highest BCUT2D eigenvalue weighted by atomic mass is 19.4. The van der Waals surface area contributed by atoms with Gasteiger partial charge in [0.05, 0.1) is 0 Å². The Morgan fingerprint density at radius 2 is 1.73 bits per heavy atom.